The molecule has 1 heterocycles. The Hall–Kier alpha value is -1.92. The number of hydrogen-bond acceptors (Lipinski definition) is 4. The van der Waals surface area contributed by atoms with Crippen LogP contribution in [-0.4, -0.2) is 49.4 Å². The molecule has 1 atom stereocenters. The average Bonchev–Trinajstić information content (AvgIpc) is 2.86. The van der Waals surface area contributed by atoms with E-state index in [9.17, 15) is 9.59 Å². The van der Waals surface area contributed by atoms with Gasteiger partial charge in [-0.25, -0.2) is 0 Å². The molecule has 1 aliphatic heterocycles. The second-order valence-electron chi connectivity index (χ2n) is 5.28. The smallest absolute Gasteiger partial charge is 0.250 e. The zero-order valence-electron chi connectivity index (χ0n) is 12.3. The molecule has 0 spiro atoms. The first kappa shape index (κ1) is 15.5. The molecule has 21 heavy (non-hydrogen) atoms. The van der Waals surface area contributed by atoms with Crippen LogP contribution in [0.15, 0.2) is 24.3 Å². The van der Waals surface area contributed by atoms with E-state index in [-0.39, 0.29) is 5.91 Å². The summed E-state index contributed by atoms with van der Waals surface area (Å²) in [5.41, 5.74) is 6.11. The second kappa shape index (κ2) is 7.19. The van der Waals surface area contributed by atoms with Gasteiger partial charge in [-0.1, -0.05) is 12.1 Å². The Morgan fingerprint density at radius 2 is 2.14 bits per heavy atom. The molecule has 2 amide bonds. The Morgan fingerprint density at radius 1 is 1.38 bits per heavy atom. The maximum atomic E-state index is 12.2. The predicted octanol–water partition coefficient (Wildman–Crippen LogP) is 0.408. The van der Waals surface area contributed by atoms with Gasteiger partial charge >= 0.3 is 0 Å². The summed E-state index contributed by atoms with van der Waals surface area (Å²) in [6.45, 7) is 2.14. The van der Waals surface area contributed by atoms with Crippen molar-refractivity contribution in [1.29, 1.82) is 0 Å². The van der Waals surface area contributed by atoms with E-state index in [4.69, 9.17) is 5.73 Å². The van der Waals surface area contributed by atoms with Gasteiger partial charge in [-0.05, 0) is 38.6 Å². The van der Waals surface area contributed by atoms with Crippen molar-refractivity contribution in [2.24, 2.45) is 5.73 Å². The number of benzene rings is 1. The number of anilines is 1. The van der Waals surface area contributed by atoms with Crippen molar-refractivity contribution in [2.45, 2.75) is 18.9 Å². The Kier molecular flexibility index (Phi) is 5.30. The molecule has 2 rings (SSSR count). The average molecular weight is 290 g/mol. The van der Waals surface area contributed by atoms with E-state index in [0.717, 1.165) is 25.9 Å². The molecule has 1 unspecified atom stereocenters. The van der Waals surface area contributed by atoms with E-state index >= 15 is 0 Å². The molecule has 114 valence electrons. The first-order valence-corrected chi connectivity index (χ1v) is 7.19. The van der Waals surface area contributed by atoms with Gasteiger partial charge in [0, 0.05) is 12.6 Å². The van der Waals surface area contributed by atoms with Crippen LogP contribution in [0, 0.1) is 0 Å². The number of rotatable bonds is 6. The lowest BCUT2D eigenvalue weighted by atomic mass is 10.1. The zero-order chi connectivity index (χ0) is 15.2. The molecule has 1 aromatic carbocycles. The minimum atomic E-state index is -0.542. The molecular weight excluding hydrogens is 268 g/mol. The fraction of sp³-hybridized carbons (Fsp3) is 0.467. The summed E-state index contributed by atoms with van der Waals surface area (Å²) in [5.74, 6) is -0.660. The van der Waals surface area contributed by atoms with Crippen molar-refractivity contribution in [2.75, 3.05) is 32.0 Å². The van der Waals surface area contributed by atoms with Gasteiger partial charge in [-0.2, -0.15) is 0 Å². The van der Waals surface area contributed by atoms with E-state index in [1.807, 2.05) is 7.05 Å². The van der Waals surface area contributed by atoms with Gasteiger partial charge in [0.05, 0.1) is 17.8 Å². The Bertz CT molecular complexity index is 518. The highest BCUT2D eigenvalue weighted by molar-refractivity contribution is 6.03. The van der Waals surface area contributed by atoms with Crippen molar-refractivity contribution in [1.82, 2.24) is 10.2 Å². The monoisotopic (exact) mass is 290 g/mol. The molecular formula is C15H22N4O2. The quantitative estimate of drug-likeness (QED) is 0.708. The van der Waals surface area contributed by atoms with Gasteiger partial charge < -0.3 is 16.4 Å². The Balaban J connectivity index is 1.97. The lowest BCUT2D eigenvalue weighted by molar-refractivity contribution is -0.117. The van der Waals surface area contributed by atoms with Gasteiger partial charge in [-0.15, -0.1) is 0 Å². The number of carbonyl (C=O) groups excluding carboxylic acids is 2. The molecule has 4 N–H and O–H groups in total. The summed E-state index contributed by atoms with van der Waals surface area (Å²) in [5, 5.41) is 5.93. The normalized spacial score (nSPS) is 18.6. The van der Waals surface area contributed by atoms with Crippen molar-refractivity contribution in [3.8, 4) is 0 Å². The largest absolute Gasteiger partial charge is 0.366 e. The molecule has 6 heteroatoms. The number of amides is 2. The third kappa shape index (κ3) is 4.03. The summed E-state index contributed by atoms with van der Waals surface area (Å²) in [4.78, 5) is 25.7. The SMILES string of the molecule is CNCC1CCCN1CC(=O)Nc1ccccc1C(N)=O. The number of carbonyl (C=O) groups is 2. The fourth-order valence-corrected chi connectivity index (χ4v) is 2.75. The van der Waals surface area contributed by atoms with Gasteiger partial charge in [0.15, 0.2) is 0 Å². The maximum absolute atomic E-state index is 12.2. The van der Waals surface area contributed by atoms with Crippen LogP contribution in [0.25, 0.3) is 0 Å². The second-order valence-corrected chi connectivity index (χ2v) is 5.28. The molecule has 0 bridgehead atoms. The van der Waals surface area contributed by atoms with Crippen LogP contribution < -0.4 is 16.4 Å². The van der Waals surface area contributed by atoms with Crippen molar-refractivity contribution in [3.05, 3.63) is 29.8 Å². The molecule has 0 aromatic heterocycles. The number of primary amides is 1. The number of hydrogen-bond donors (Lipinski definition) is 3. The van der Waals surface area contributed by atoms with Crippen LogP contribution in [0.5, 0.6) is 0 Å². The lowest BCUT2D eigenvalue weighted by Crippen LogP contribution is -2.41. The van der Waals surface area contributed by atoms with E-state index in [1.165, 1.54) is 0 Å². The summed E-state index contributed by atoms with van der Waals surface area (Å²) in [6, 6.07) is 7.18. The highest BCUT2D eigenvalue weighted by atomic mass is 16.2. The topological polar surface area (TPSA) is 87.5 Å². The Labute approximate surface area is 124 Å². The van der Waals surface area contributed by atoms with Crippen LogP contribution in [0.4, 0.5) is 5.69 Å². The molecule has 1 aliphatic rings. The highest BCUT2D eigenvalue weighted by Gasteiger charge is 2.25. The molecule has 0 aliphatic carbocycles. The van der Waals surface area contributed by atoms with Gasteiger partial charge in [-0.3, -0.25) is 14.5 Å². The van der Waals surface area contributed by atoms with Gasteiger partial charge in [0.2, 0.25) is 5.91 Å². The summed E-state index contributed by atoms with van der Waals surface area (Å²) in [7, 11) is 1.92. The predicted molar refractivity (Wildman–Crippen MR) is 82.1 cm³/mol. The first-order valence-electron chi connectivity index (χ1n) is 7.19. The third-order valence-electron chi connectivity index (χ3n) is 3.75. The van der Waals surface area contributed by atoms with Gasteiger partial charge in [0.1, 0.15) is 0 Å². The molecule has 6 nitrogen and oxygen atoms in total. The minimum absolute atomic E-state index is 0.119. The minimum Gasteiger partial charge on any atom is -0.366 e. The summed E-state index contributed by atoms with van der Waals surface area (Å²) < 4.78 is 0. The molecule has 1 fully saturated rings. The van der Waals surface area contributed by atoms with Crippen molar-refractivity contribution >= 4 is 17.5 Å². The van der Waals surface area contributed by atoms with Crippen LogP contribution in [0.2, 0.25) is 0 Å². The highest BCUT2D eigenvalue weighted by Crippen LogP contribution is 2.17. The van der Waals surface area contributed by atoms with E-state index in [2.05, 4.69) is 15.5 Å². The van der Waals surface area contributed by atoms with Crippen LogP contribution >= 0.6 is 0 Å². The maximum Gasteiger partial charge on any atom is 0.250 e. The Morgan fingerprint density at radius 3 is 2.86 bits per heavy atom. The van der Waals surface area contributed by atoms with E-state index in [1.54, 1.807) is 24.3 Å². The van der Waals surface area contributed by atoms with E-state index in [0.29, 0.717) is 23.8 Å². The number of nitrogens with zero attached hydrogens (tertiary/aromatic N) is 1. The zero-order valence-corrected chi connectivity index (χ0v) is 12.3. The van der Waals surface area contributed by atoms with Crippen molar-refractivity contribution < 1.29 is 9.59 Å². The van der Waals surface area contributed by atoms with Crippen LogP contribution in [0.1, 0.15) is 23.2 Å². The molecule has 1 saturated heterocycles. The van der Waals surface area contributed by atoms with Crippen LogP contribution in [0.3, 0.4) is 0 Å². The summed E-state index contributed by atoms with van der Waals surface area (Å²) >= 11 is 0. The fourth-order valence-electron chi connectivity index (χ4n) is 2.75. The number of likely N-dealkylation sites (N-methyl/N-ethyl adjacent to an activating group) is 1. The van der Waals surface area contributed by atoms with Crippen LogP contribution in [-0.2, 0) is 4.79 Å². The molecule has 0 radical (unpaired) electrons. The van der Waals surface area contributed by atoms with Gasteiger partial charge in [0.25, 0.3) is 5.91 Å². The molecule has 0 saturated carbocycles. The van der Waals surface area contributed by atoms with Crippen molar-refractivity contribution in [3.63, 3.8) is 0 Å². The number of para-hydroxylation sites is 1. The first-order chi connectivity index (χ1) is 10.1. The number of nitrogens with two attached hydrogens (primary N) is 1. The molecule has 1 aromatic rings. The number of likely N-dealkylation sites (tertiary alicyclic amines) is 1. The summed E-state index contributed by atoms with van der Waals surface area (Å²) in [6.07, 6.45) is 2.21. The lowest BCUT2D eigenvalue weighted by Gasteiger charge is -2.23. The third-order valence-corrected chi connectivity index (χ3v) is 3.75. The standard InChI is InChI=1S/C15H22N4O2/c1-17-9-11-5-4-8-19(11)10-14(20)18-13-7-3-2-6-12(13)15(16)21/h2-3,6-7,11,17H,4-5,8-10H2,1H3,(H2,16,21)(H,18,20). The van der Waals surface area contributed by atoms with E-state index < -0.39 is 5.91 Å². The number of nitrogens with one attached hydrogen (secondary N) is 2.